The lowest BCUT2D eigenvalue weighted by molar-refractivity contribution is 0.102. The Morgan fingerprint density at radius 1 is 1.21 bits per heavy atom. The normalized spacial score (nSPS) is 11.2. The molecule has 0 fully saturated rings. The van der Waals surface area contributed by atoms with Gasteiger partial charge >= 0.3 is 0 Å². The van der Waals surface area contributed by atoms with E-state index in [0.717, 1.165) is 18.2 Å². The first kappa shape index (κ1) is 18.5. The Morgan fingerprint density at radius 2 is 1.88 bits per heavy atom. The summed E-state index contributed by atoms with van der Waals surface area (Å²) in [6.07, 6.45) is 0. The molecular weight excluding hydrogens is 382 g/mol. The molecule has 0 saturated carbocycles. The number of hydrogen-bond acceptors (Lipinski definition) is 4. The lowest BCUT2D eigenvalue weighted by atomic mass is 10.2. The van der Waals surface area contributed by atoms with Gasteiger partial charge in [-0.25, -0.2) is 17.9 Å². The van der Waals surface area contributed by atoms with E-state index >= 15 is 0 Å². The average Bonchev–Trinajstić information content (AvgIpc) is 2.49. The van der Waals surface area contributed by atoms with Crippen molar-refractivity contribution in [2.24, 2.45) is 5.14 Å². The molecule has 1 amide bonds. The van der Waals surface area contributed by atoms with Crippen molar-refractivity contribution in [3.8, 4) is 5.75 Å². The smallest absolute Gasteiger partial charge is 0.257 e. The summed E-state index contributed by atoms with van der Waals surface area (Å²) in [4.78, 5) is 11.9. The van der Waals surface area contributed by atoms with E-state index in [4.69, 9.17) is 33.1 Å². The number of nitrogens with two attached hydrogens (primary N) is 1. The number of halogens is 3. The molecule has 0 aliphatic carbocycles. The van der Waals surface area contributed by atoms with Crippen molar-refractivity contribution in [3.05, 3.63) is 51.8 Å². The van der Waals surface area contributed by atoms with E-state index in [2.05, 4.69) is 5.32 Å². The number of carbonyl (C=O) groups excluding carboxylic acids is 1. The van der Waals surface area contributed by atoms with Gasteiger partial charge in [-0.3, -0.25) is 4.79 Å². The van der Waals surface area contributed by atoms with Crippen LogP contribution in [0, 0.1) is 5.82 Å². The molecule has 2 rings (SSSR count). The highest BCUT2D eigenvalue weighted by atomic mass is 35.5. The summed E-state index contributed by atoms with van der Waals surface area (Å²) in [5, 5.41) is 7.22. The molecule has 0 unspecified atom stereocenters. The number of sulfonamides is 1. The molecule has 0 aliphatic heterocycles. The van der Waals surface area contributed by atoms with Crippen molar-refractivity contribution in [1.82, 2.24) is 0 Å². The van der Waals surface area contributed by atoms with Crippen LogP contribution in [0.3, 0.4) is 0 Å². The second-order valence-electron chi connectivity index (χ2n) is 4.61. The highest BCUT2D eigenvalue weighted by Gasteiger charge is 2.18. The fraction of sp³-hybridized carbons (Fsp3) is 0.0714. The Balaban J connectivity index is 2.38. The van der Waals surface area contributed by atoms with Crippen LogP contribution in [-0.2, 0) is 10.0 Å². The van der Waals surface area contributed by atoms with Crippen LogP contribution in [0.5, 0.6) is 5.75 Å². The first-order valence-electron chi connectivity index (χ1n) is 6.30. The zero-order valence-corrected chi connectivity index (χ0v) is 14.5. The Bertz CT molecular complexity index is 919. The molecule has 0 aromatic heterocycles. The van der Waals surface area contributed by atoms with Crippen LogP contribution in [0.4, 0.5) is 10.1 Å². The number of benzene rings is 2. The van der Waals surface area contributed by atoms with Crippen molar-refractivity contribution in [2.75, 3.05) is 12.4 Å². The van der Waals surface area contributed by atoms with Crippen molar-refractivity contribution in [1.29, 1.82) is 0 Å². The molecule has 10 heteroatoms. The number of rotatable bonds is 4. The Kier molecular flexibility index (Phi) is 5.34. The van der Waals surface area contributed by atoms with Gasteiger partial charge in [0.2, 0.25) is 10.0 Å². The van der Waals surface area contributed by atoms with Crippen molar-refractivity contribution >= 4 is 44.8 Å². The van der Waals surface area contributed by atoms with E-state index in [9.17, 15) is 17.6 Å². The summed E-state index contributed by atoms with van der Waals surface area (Å²) < 4.78 is 41.5. The van der Waals surface area contributed by atoms with Crippen LogP contribution in [-0.4, -0.2) is 21.4 Å². The zero-order valence-electron chi connectivity index (χ0n) is 12.1. The van der Waals surface area contributed by atoms with Gasteiger partial charge in [0.05, 0.1) is 22.7 Å². The fourth-order valence-corrected chi connectivity index (χ4v) is 3.06. The molecule has 24 heavy (non-hydrogen) atoms. The summed E-state index contributed by atoms with van der Waals surface area (Å²) >= 11 is 11.4. The summed E-state index contributed by atoms with van der Waals surface area (Å²) in [5.41, 5.74) is -0.0530. The van der Waals surface area contributed by atoms with Crippen LogP contribution in [0.2, 0.25) is 10.0 Å². The second-order valence-corrected chi connectivity index (χ2v) is 6.96. The maximum atomic E-state index is 13.5. The third kappa shape index (κ3) is 3.96. The summed E-state index contributed by atoms with van der Waals surface area (Å²) in [6.45, 7) is 0. The molecule has 128 valence electrons. The van der Waals surface area contributed by atoms with Crippen molar-refractivity contribution in [3.63, 3.8) is 0 Å². The van der Waals surface area contributed by atoms with Crippen LogP contribution >= 0.6 is 23.2 Å². The molecule has 0 atom stereocenters. The molecule has 6 nitrogen and oxygen atoms in total. The third-order valence-electron chi connectivity index (χ3n) is 2.98. The fourth-order valence-electron chi connectivity index (χ4n) is 1.87. The minimum atomic E-state index is -4.07. The Labute approximate surface area is 147 Å². The lowest BCUT2D eigenvalue weighted by Gasteiger charge is -2.11. The van der Waals surface area contributed by atoms with E-state index in [1.165, 1.54) is 19.2 Å². The number of methoxy groups -OCH3 is 1. The zero-order chi connectivity index (χ0) is 18.1. The summed E-state index contributed by atoms with van der Waals surface area (Å²) in [5.74, 6) is -1.54. The van der Waals surface area contributed by atoms with Gasteiger partial charge in [0, 0.05) is 5.69 Å². The lowest BCUT2D eigenvalue weighted by Crippen LogP contribution is -2.16. The predicted molar refractivity (Wildman–Crippen MR) is 88.7 cm³/mol. The minimum absolute atomic E-state index is 0.0195. The van der Waals surface area contributed by atoms with Gasteiger partial charge in [-0.2, -0.15) is 0 Å². The second kappa shape index (κ2) is 6.94. The molecule has 0 radical (unpaired) electrons. The number of amides is 1. The van der Waals surface area contributed by atoms with E-state index < -0.39 is 21.7 Å². The topological polar surface area (TPSA) is 98.5 Å². The van der Waals surface area contributed by atoms with E-state index in [0.29, 0.717) is 0 Å². The quantitative estimate of drug-likeness (QED) is 0.781. The third-order valence-corrected chi connectivity index (χ3v) is 4.52. The van der Waals surface area contributed by atoms with Crippen LogP contribution in [0.25, 0.3) is 0 Å². The molecule has 0 heterocycles. The minimum Gasteiger partial charge on any atom is -0.495 e. The van der Waals surface area contributed by atoms with Crippen LogP contribution < -0.4 is 15.2 Å². The van der Waals surface area contributed by atoms with E-state index in [1.54, 1.807) is 0 Å². The number of carbonyl (C=O) groups is 1. The van der Waals surface area contributed by atoms with Gasteiger partial charge in [0.25, 0.3) is 5.91 Å². The van der Waals surface area contributed by atoms with Crippen molar-refractivity contribution < 1.29 is 22.3 Å². The largest absolute Gasteiger partial charge is 0.495 e. The van der Waals surface area contributed by atoms with Gasteiger partial charge in [-0.05, 0) is 30.3 Å². The Morgan fingerprint density at radius 3 is 2.46 bits per heavy atom. The number of hydrogen-bond donors (Lipinski definition) is 2. The van der Waals surface area contributed by atoms with Gasteiger partial charge in [0.1, 0.15) is 16.5 Å². The molecule has 0 bridgehead atoms. The summed E-state index contributed by atoms with van der Waals surface area (Å²) in [7, 11) is -2.79. The highest BCUT2D eigenvalue weighted by Crippen LogP contribution is 2.28. The van der Waals surface area contributed by atoms with Crippen LogP contribution in [0.1, 0.15) is 10.4 Å². The van der Waals surface area contributed by atoms with E-state index in [1.807, 2.05) is 0 Å². The molecule has 3 N–H and O–H groups in total. The number of nitrogens with one attached hydrogen (secondary N) is 1. The number of anilines is 1. The SMILES string of the molecule is COc1ccc(NC(=O)c2cc(F)c(Cl)cc2Cl)cc1S(N)(=O)=O. The van der Waals surface area contributed by atoms with E-state index in [-0.39, 0.29) is 31.9 Å². The molecule has 2 aromatic carbocycles. The number of ether oxygens (including phenoxy) is 1. The van der Waals surface area contributed by atoms with Crippen molar-refractivity contribution in [2.45, 2.75) is 4.90 Å². The molecular formula is C14H11Cl2FN2O4S. The standard InChI is InChI=1S/C14H11Cl2FN2O4S/c1-23-12-3-2-7(4-13(12)24(18,21)22)19-14(20)8-5-11(17)10(16)6-9(8)15/h2-6H,1H3,(H,19,20)(H2,18,21,22). The monoisotopic (exact) mass is 392 g/mol. The average molecular weight is 393 g/mol. The van der Waals surface area contributed by atoms with Gasteiger partial charge in [-0.1, -0.05) is 23.2 Å². The molecule has 0 aliphatic rings. The predicted octanol–water partition coefficient (Wildman–Crippen LogP) is 3.04. The van der Waals surface area contributed by atoms with Gasteiger partial charge < -0.3 is 10.1 Å². The van der Waals surface area contributed by atoms with Crippen LogP contribution in [0.15, 0.2) is 35.2 Å². The Hall–Kier alpha value is -1.87. The molecule has 0 saturated heterocycles. The molecule has 0 spiro atoms. The maximum absolute atomic E-state index is 13.5. The van der Waals surface area contributed by atoms with Gasteiger partial charge in [0.15, 0.2) is 0 Å². The highest BCUT2D eigenvalue weighted by molar-refractivity contribution is 7.89. The first-order valence-corrected chi connectivity index (χ1v) is 8.60. The van der Waals surface area contributed by atoms with Gasteiger partial charge in [-0.15, -0.1) is 0 Å². The maximum Gasteiger partial charge on any atom is 0.257 e. The summed E-state index contributed by atoms with van der Waals surface area (Å²) in [6, 6.07) is 5.80. The first-order chi connectivity index (χ1) is 11.1. The molecule has 2 aromatic rings. The number of primary sulfonamides is 1.